The Kier molecular flexibility index (Phi) is 5.76. The summed E-state index contributed by atoms with van der Waals surface area (Å²) in [4.78, 5) is 40.6. The Morgan fingerprint density at radius 1 is 1.06 bits per heavy atom. The normalized spacial score (nSPS) is 23.8. The Morgan fingerprint density at radius 3 is 2.58 bits per heavy atom. The quantitative estimate of drug-likeness (QED) is 0.676. The zero-order valence-electron chi connectivity index (χ0n) is 19.3. The van der Waals surface area contributed by atoms with E-state index in [-0.39, 0.29) is 19.4 Å². The molecule has 33 heavy (non-hydrogen) atoms. The first kappa shape index (κ1) is 20.4. The van der Waals surface area contributed by atoms with Gasteiger partial charge in [-0.1, -0.05) is 30.3 Å². The lowest BCUT2D eigenvalue weighted by atomic mass is 10.0. The van der Waals surface area contributed by atoms with Crippen LogP contribution in [0.5, 0.6) is 5.75 Å². The molecule has 0 aliphatic carbocycles. The third kappa shape index (κ3) is 4.62. The topological polar surface area (TPSA) is 88.2 Å². The molecule has 0 spiro atoms. The average Bonchev–Trinajstić information content (AvgIpc) is 3.20. The van der Waals surface area contributed by atoms with Gasteiger partial charge in [-0.2, -0.15) is 0 Å². The van der Waals surface area contributed by atoms with Gasteiger partial charge in [-0.3, -0.25) is 24.6 Å². The van der Waals surface area contributed by atoms with Gasteiger partial charge in [-0.15, -0.1) is 0 Å². The number of morpholine rings is 1. The molecular formula is C25H27N3O5. The van der Waals surface area contributed by atoms with E-state index < -0.39 is 23.7 Å². The van der Waals surface area contributed by atoms with E-state index in [0.29, 0.717) is 23.5 Å². The second-order valence-corrected chi connectivity index (χ2v) is 8.49. The highest BCUT2D eigenvalue weighted by Gasteiger charge is 2.40. The van der Waals surface area contributed by atoms with Gasteiger partial charge in [0.2, 0.25) is 11.8 Å². The maximum absolute atomic E-state index is 13.0. The van der Waals surface area contributed by atoms with E-state index in [2.05, 4.69) is 22.3 Å². The molecule has 1 atom stereocenters. The average molecular weight is 451 g/mol. The molecule has 0 saturated carbocycles. The van der Waals surface area contributed by atoms with E-state index in [0.717, 1.165) is 38.4 Å². The smallest absolute Gasteiger partial charge is 0.255 e. The Morgan fingerprint density at radius 2 is 1.82 bits per heavy atom. The van der Waals surface area contributed by atoms with Crippen molar-refractivity contribution in [2.24, 2.45) is 0 Å². The fraction of sp³-hybridized carbons (Fsp3) is 0.400. The van der Waals surface area contributed by atoms with Crippen LogP contribution < -0.4 is 10.1 Å². The number of carbonyl (C=O) groups is 3. The molecule has 2 saturated heterocycles. The summed E-state index contributed by atoms with van der Waals surface area (Å²) in [5, 5.41) is 2.19. The number of piperidine rings is 1. The number of nitrogens with one attached hydrogen (secondary N) is 1. The Hall–Kier alpha value is -3.23. The number of nitrogens with zero attached hydrogens (tertiary/aromatic N) is 2. The fourth-order valence-corrected chi connectivity index (χ4v) is 4.44. The molecule has 172 valence electrons. The molecule has 2 aromatic carbocycles. The highest BCUT2D eigenvalue weighted by Crippen LogP contribution is 2.34. The predicted molar refractivity (Wildman–Crippen MR) is 119 cm³/mol. The summed E-state index contributed by atoms with van der Waals surface area (Å²) >= 11 is 0. The van der Waals surface area contributed by atoms with Gasteiger partial charge < -0.3 is 14.4 Å². The summed E-state index contributed by atoms with van der Waals surface area (Å²) < 4.78 is 20.1. The van der Waals surface area contributed by atoms with Crippen molar-refractivity contribution < 1.29 is 25.2 Å². The molecule has 2 aromatic rings. The van der Waals surface area contributed by atoms with E-state index in [1.165, 1.54) is 10.5 Å². The lowest BCUT2D eigenvalue weighted by Gasteiger charge is -2.29. The number of ether oxygens (including phenoxy) is 2. The van der Waals surface area contributed by atoms with Gasteiger partial charge in [0.15, 0.2) is 0 Å². The van der Waals surface area contributed by atoms with Gasteiger partial charge in [0.05, 0.1) is 21.1 Å². The van der Waals surface area contributed by atoms with E-state index >= 15 is 0 Å². The summed E-state index contributed by atoms with van der Waals surface area (Å²) in [7, 11) is 0. The fourth-order valence-electron chi connectivity index (χ4n) is 4.44. The van der Waals surface area contributed by atoms with E-state index in [4.69, 9.17) is 10.8 Å². The molecule has 3 amide bonds. The lowest BCUT2D eigenvalue weighted by molar-refractivity contribution is -0.136. The van der Waals surface area contributed by atoms with Crippen LogP contribution in [0.15, 0.2) is 42.5 Å². The molecule has 3 heterocycles. The maximum atomic E-state index is 13.0. The van der Waals surface area contributed by atoms with E-state index in [9.17, 15) is 14.4 Å². The SMILES string of the molecule is [2H][C@]1(N2Cc3c(OCc4ccc(CN5CCOCC5)cc4)cccc3C2=O)CCC(=O)NC1=O. The number of amides is 3. The molecule has 8 heteroatoms. The van der Waals surface area contributed by atoms with Crippen LogP contribution in [0, 0.1) is 0 Å². The molecule has 8 nitrogen and oxygen atoms in total. The monoisotopic (exact) mass is 450 g/mol. The van der Waals surface area contributed by atoms with E-state index in [1.54, 1.807) is 18.2 Å². The number of hydrogen-bond acceptors (Lipinski definition) is 6. The summed E-state index contributed by atoms with van der Waals surface area (Å²) in [6.45, 7) is 4.75. The second kappa shape index (κ2) is 9.33. The Labute approximate surface area is 193 Å². The number of imide groups is 1. The molecule has 0 radical (unpaired) electrons. The van der Waals surface area contributed by atoms with Gasteiger partial charge in [0.25, 0.3) is 5.91 Å². The predicted octanol–water partition coefficient (Wildman–Crippen LogP) is 1.86. The number of benzene rings is 2. The number of rotatable bonds is 6. The minimum absolute atomic E-state index is 0.0234. The number of hydrogen-bond donors (Lipinski definition) is 1. The molecule has 0 aromatic heterocycles. The lowest BCUT2D eigenvalue weighted by Crippen LogP contribution is -2.52. The van der Waals surface area contributed by atoms with Crippen LogP contribution >= 0.6 is 0 Å². The molecular weight excluding hydrogens is 422 g/mol. The van der Waals surface area contributed by atoms with Gasteiger partial charge in [0.1, 0.15) is 18.4 Å². The first-order chi connectivity index (χ1) is 16.4. The highest BCUT2D eigenvalue weighted by atomic mass is 16.5. The maximum Gasteiger partial charge on any atom is 0.255 e. The standard InChI is InChI=1S/C25H27N3O5/c29-23-9-8-21(24(30)26-23)28-15-20-19(25(28)31)2-1-3-22(20)33-16-18-6-4-17(5-7-18)14-27-10-12-32-13-11-27/h1-7,21H,8-16H2,(H,26,29,30)/t21-/m0/s1/i21D. The summed E-state index contributed by atoms with van der Waals surface area (Å²) in [6.07, 6.45) is 0.00461. The molecule has 1 N–H and O–H groups in total. The minimum Gasteiger partial charge on any atom is -0.489 e. The van der Waals surface area contributed by atoms with Crippen molar-refractivity contribution in [2.75, 3.05) is 26.3 Å². The van der Waals surface area contributed by atoms with Crippen molar-refractivity contribution in [3.63, 3.8) is 0 Å². The second-order valence-electron chi connectivity index (χ2n) is 8.49. The van der Waals surface area contributed by atoms with Crippen LogP contribution in [-0.4, -0.2) is 59.8 Å². The highest BCUT2D eigenvalue weighted by molar-refractivity contribution is 6.05. The summed E-state index contributed by atoms with van der Waals surface area (Å²) in [6, 6.07) is 11.7. The van der Waals surface area contributed by atoms with Crippen molar-refractivity contribution in [3.8, 4) is 5.75 Å². The van der Waals surface area contributed by atoms with Crippen molar-refractivity contribution in [3.05, 3.63) is 64.7 Å². The zero-order valence-corrected chi connectivity index (χ0v) is 18.3. The van der Waals surface area contributed by atoms with Crippen molar-refractivity contribution in [1.29, 1.82) is 0 Å². The third-order valence-electron chi connectivity index (χ3n) is 6.28. The van der Waals surface area contributed by atoms with Crippen LogP contribution in [0.3, 0.4) is 0 Å². The van der Waals surface area contributed by atoms with Crippen LogP contribution in [0.25, 0.3) is 0 Å². The number of carbonyl (C=O) groups excluding carboxylic acids is 3. The molecule has 0 unspecified atom stereocenters. The van der Waals surface area contributed by atoms with Gasteiger partial charge in [-0.05, 0) is 29.7 Å². The van der Waals surface area contributed by atoms with Crippen molar-refractivity contribution in [2.45, 2.75) is 38.6 Å². The van der Waals surface area contributed by atoms with Crippen LogP contribution in [0.2, 0.25) is 0 Å². The largest absolute Gasteiger partial charge is 0.489 e. The first-order valence-electron chi connectivity index (χ1n) is 11.7. The van der Waals surface area contributed by atoms with Crippen molar-refractivity contribution >= 4 is 17.7 Å². The zero-order chi connectivity index (χ0) is 23.7. The van der Waals surface area contributed by atoms with Gasteiger partial charge in [-0.25, -0.2) is 0 Å². The summed E-state index contributed by atoms with van der Waals surface area (Å²) in [5.74, 6) is -1.02. The molecule has 3 aliphatic rings. The van der Waals surface area contributed by atoms with Crippen LogP contribution in [-0.2, 0) is 34.0 Å². The van der Waals surface area contributed by atoms with E-state index in [1.807, 2.05) is 12.1 Å². The Balaban J connectivity index is 1.25. The van der Waals surface area contributed by atoms with Crippen LogP contribution in [0.1, 0.15) is 41.3 Å². The minimum atomic E-state index is -1.81. The first-order valence-corrected chi connectivity index (χ1v) is 11.2. The third-order valence-corrected chi connectivity index (χ3v) is 6.28. The number of fused-ring (bicyclic) bond motifs is 1. The Bertz CT molecular complexity index is 1120. The van der Waals surface area contributed by atoms with Crippen LogP contribution in [0.4, 0.5) is 0 Å². The van der Waals surface area contributed by atoms with Gasteiger partial charge >= 0.3 is 0 Å². The molecule has 3 aliphatic heterocycles. The molecule has 5 rings (SSSR count). The molecule has 2 fully saturated rings. The van der Waals surface area contributed by atoms with Crippen molar-refractivity contribution in [1.82, 2.24) is 15.1 Å². The van der Waals surface area contributed by atoms with Gasteiger partial charge in [0, 0.05) is 37.2 Å². The summed E-state index contributed by atoms with van der Waals surface area (Å²) in [5.41, 5.74) is 3.33. The molecule has 0 bridgehead atoms.